The summed E-state index contributed by atoms with van der Waals surface area (Å²) in [6, 6.07) is 13.7. The van der Waals surface area contributed by atoms with Crippen LogP contribution in [0.4, 0.5) is 11.4 Å². The van der Waals surface area contributed by atoms with Gasteiger partial charge in [-0.1, -0.05) is 24.3 Å². The number of nitrogens with zero attached hydrogens (tertiary/aromatic N) is 1. The number of benzene rings is 2. The fourth-order valence-electron chi connectivity index (χ4n) is 2.66. The van der Waals surface area contributed by atoms with Crippen LogP contribution >= 0.6 is 11.8 Å². The number of carbonyl (C=O) groups is 4. The minimum atomic E-state index is -0.786. The normalized spacial score (nSPS) is 12.7. The predicted octanol–water partition coefficient (Wildman–Crippen LogP) is 2.12. The Morgan fingerprint density at radius 1 is 1.07 bits per heavy atom. The van der Waals surface area contributed by atoms with Crippen LogP contribution in [0.2, 0.25) is 0 Å². The Bertz CT molecular complexity index is 928. The van der Waals surface area contributed by atoms with Crippen molar-refractivity contribution in [2.24, 2.45) is 0 Å². The maximum Gasteiger partial charge on any atom is 0.326 e. The highest BCUT2D eigenvalue weighted by molar-refractivity contribution is 7.98. The number of anilines is 2. The number of thioether (sulfide) groups is 1. The van der Waals surface area contributed by atoms with E-state index in [1.807, 2.05) is 18.4 Å². The largest absolute Gasteiger partial charge is 0.454 e. The summed E-state index contributed by atoms with van der Waals surface area (Å²) in [6.07, 6.45) is 1.89. The molecular formula is C19H16N2O5S. The van der Waals surface area contributed by atoms with Gasteiger partial charge in [-0.15, -0.1) is 11.8 Å². The second-order valence-electron chi connectivity index (χ2n) is 5.65. The summed E-state index contributed by atoms with van der Waals surface area (Å²) in [7, 11) is 0. The summed E-state index contributed by atoms with van der Waals surface area (Å²) in [4.78, 5) is 49.9. The first-order valence-corrected chi connectivity index (χ1v) is 9.27. The Morgan fingerprint density at radius 2 is 1.78 bits per heavy atom. The van der Waals surface area contributed by atoms with Gasteiger partial charge in [0.05, 0.1) is 16.9 Å². The summed E-state index contributed by atoms with van der Waals surface area (Å²) in [5.41, 5.74) is 1.24. The lowest BCUT2D eigenvalue weighted by atomic mass is 10.1. The number of nitrogens with one attached hydrogen (secondary N) is 1. The number of Topliss-reactive ketones (excluding diaryl/α,β-unsaturated/α-hetero) is 1. The first kappa shape index (κ1) is 18.7. The van der Waals surface area contributed by atoms with Crippen molar-refractivity contribution in [3.63, 3.8) is 0 Å². The first-order chi connectivity index (χ1) is 13.0. The predicted molar refractivity (Wildman–Crippen MR) is 101 cm³/mol. The van der Waals surface area contributed by atoms with Crippen molar-refractivity contribution >= 4 is 46.7 Å². The van der Waals surface area contributed by atoms with E-state index in [9.17, 15) is 19.2 Å². The van der Waals surface area contributed by atoms with Crippen molar-refractivity contribution in [2.75, 3.05) is 29.6 Å². The zero-order valence-corrected chi connectivity index (χ0v) is 15.2. The molecule has 3 rings (SSSR count). The van der Waals surface area contributed by atoms with Gasteiger partial charge in [-0.25, -0.2) is 0 Å². The molecule has 8 heteroatoms. The smallest absolute Gasteiger partial charge is 0.326 e. The third kappa shape index (κ3) is 4.01. The van der Waals surface area contributed by atoms with Gasteiger partial charge >= 0.3 is 5.97 Å². The lowest BCUT2D eigenvalue weighted by Gasteiger charge is -2.15. The summed E-state index contributed by atoms with van der Waals surface area (Å²) in [5.74, 6) is -2.72. The molecule has 1 N–H and O–H groups in total. The molecular weight excluding hydrogens is 368 g/mol. The molecule has 0 aromatic heterocycles. The molecule has 0 bridgehead atoms. The fourth-order valence-corrected chi connectivity index (χ4v) is 3.21. The average Bonchev–Trinajstić information content (AvgIpc) is 2.92. The number of amides is 2. The minimum absolute atomic E-state index is 0.252. The van der Waals surface area contributed by atoms with Crippen LogP contribution in [0.3, 0.4) is 0 Å². The van der Waals surface area contributed by atoms with E-state index in [2.05, 4.69) is 5.32 Å². The number of para-hydroxylation sites is 2. The van der Waals surface area contributed by atoms with Crippen LogP contribution in [0.25, 0.3) is 0 Å². The monoisotopic (exact) mass is 384 g/mol. The molecule has 138 valence electrons. The van der Waals surface area contributed by atoms with Gasteiger partial charge in [-0.3, -0.25) is 24.1 Å². The van der Waals surface area contributed by atoms with Gasteiger partial charge in [0.2, 0.25) is 0 Å². The van der Waals surface area contributed by atoms with Crippen molar-refractivity contribution < 1.29 is 23.9 Å². The topological polar surface area (TPSA) is 92.8 Å². The van der Waals surface area contributed by atoms with E-state index < -0.39 is 36.7 Å². The van der Waals surface area contributed by atoms with Gasteiger partial charge in [0.15, 0.2) is 6.61 Å². The molecule has 0 atom stereocenters. The first-order valence-electron chi connectivity index (χ1n) is 8.05. The third-order valence-corrected chi connectivity index (χ3v) is 4.71. The molecule has 0 radical (unpaired) electrons. The van der Waals surface area contributed by atoms with Gasteiger partial charge < -0.3 is 10.1 Å². The fraction of sp³-hybridized carbons (Fsp3) is 0.158. The molecule has 2 aromatic carbocycles. The number of carbonyl (C=O) groups excluding carboxylic acids is 4. The van der Waals surface area contributed by atoms with Crippen LogP contribution in [0.15, 0.2) is 53.4 Å². The van der Waals surface area contributed by atoms with Crippen LogP contribution < -0.4 is 10.2 Å². The number of ketones is 1. The molecule has 0 unspecified atom stereocenters. The molecule has 1 aliphatic heterocycles. The highest BCUT2D eigenvalue weighted by atomic mass is 32.2. The van der Waals surface area contributed by atoms with Crippen molar-refractivity contribution in [3.05, 3.63) is 54.1 Å². The van der Waals surface area contributed by atoms with Crippen LogP contribution in [-0.2, 0) is 19.1 Å². The van der Waals surface area contributed by atoms with Gasteiger partial charge in [0, 0.05) is 4.90 Å². The second-order valence-corrected chi connectivity index (χ2v) is 6.49. The van der Waals surface area contributed by atoms with E-state index in [-0.39, 0.29) is 5.56 Å². The summed E-state index contributed by atoms with van der Waals surface area (Å²) < 4.78 is 4.95. The van der Waals surface area contributed by atoms with E-state index in [1.54, 1.807) is 30.3 Å². The summed E-state index contributed by atoms with van der Waals surface area (Å²) >= 11 is 1.48. The molecule has 27 heavy (non-hydrogen) atoms. The number of hydrogen-bond acceptors (Lipinski definition) is 6. The van der Waals surface area contributed by atoms with Crippen LogP contribution in [0, 0.1) is 0 Å². The highest BCUT2D eigenvalue weighted by Crippen LogP contribution is 2.28. The number of hydrogen-bond donors (Lipinski definition) is 1. The Hall–Kier alpha value is -3.13. The average molecular weight is 384 g/mol. The van der Waals surface area contributed by atoms with Crippen molar-refractivity contribution in [1.82, 2.24) is 0 Å². The van der Waals surface area contributed by atoms with E-state index in [1.165, 1.54) is 17.8 Å². The van der Waals surface area contributed by atoms with Crippen molar-refractivity contribution in [3.8, 4) is 0 Å². The zero-order chi connectivity index (χ0) is 19.4. The summed E-state index contributed by atoms with van der Waals surface area (Å²) in [5, 5.41) is 2.67. The molecule has 0 fully saturated rings. The summed E-state index contributed by atoms with van der Waals surface area (Å²) in [6.45, 7) is -0.921. The quantitative estimate of drug-likeness (QED) is 0.466. The zero-order valence-electron chi connectivity index (χ0n) is 14.4. The molecule has 1 heterocycles. The molecule has 0 saturated carbocycles. The number of rotatable bonds is 6. The standard InChI is InChI=1S/C19H16N2O5S/c1-27-15-9-5-3-7-13(15)20-16(22)11-26-17(23)10-21-14-8-4-2-6-12(14)18(24)19(21)25/h2-9H,10-11H2,1H3,(H,20,22). The molecule has 7 nitrogen and oxygen atoms in total. The molecule has 2 amide bonds. The Morgan fingerprint density at radius 3 is 2.56 bits per heavy atom. The molecule has 1 aliphatic rings. The lowest BCUT2D eigenvalue weighted by molar-refractivity contribution is -0.146. The van der Waals surface area contributed by atoms with E-state index in [0.29, 0.717) is 11.4 Å². The molecule has 0 aliphatic carbocycles. The van der Waals surface area contributed by atoms with Crippen molar-refractivity contribution in [1.29, 1.82) is 0 Å². The number of fused-ring (bicyclic) bond motifs is 1. The van der Waals surface area contributed by atoms with Crippen molar-refractivity contribution in [2.45, 2.75) is 4.90 Å². The Labute approximate surface area is 159 Å². The van der Waals surface area contributed by atoms with Crippen LogP contribution in [0.1, 0.15) is 10.4 Å². The van der Waals surface area contributed by atoms with Gasteiger partial charge in [-0.05, 0) is 30.5 Å². The maximum absolute atomic E-state index is 12.0. The lowest BCUT2D eigenvalue weighted by Crippen LogP contribution is -2.36. The second kappa shape index (κ2) is 8.05. The molecule has 0 spiro atoms. The van der Waals surface area contributed by atoms with Crippen LogP contribution in [-0.4, -0.2) is 43.0 Å². The maximum atomic E-state index is 12.0. The highest BCUT2D eigenvalue weighted by Gasteiger charge is 2.36. The molecule has 0 saturated heterocycles. The number of esters is 1. The van der Waals surface area contributed by atoms with Crippen LogP contribution in [0.5, 0.6) is 0 Å². The SMILES string of the molecule is CSc1ccccc1NC(=O)COC(=O)CN1C(=O)C(=O)c2ccccc21. The van der Waals surface area contributed by atoms with Gasteiger partial charge in [0.1, 0.15) is 6.54 Å². The minimum Gasteiger partial charge on any atom is -0.454 e. The Balaban J connectivity index is 1.56. The van der Waals surface area contributed by atoms with Gasteiger partial charge in [-0.2, -0.15) is 0 Å². The van der Waals surface area contributed by atoms with E-state index >= 15 is 0 Å². The van der Waals surface area contributed by atoms with Gasteiger partial charge in [0.25, 0.3) is 17.6 Å². The molecule has 2 aromatic rings. The third-order valence-electron chi connectivity index (χ3n) is 3.91. The Kier molecular flexibility index (Phi) is 5.56. The van der Waals surface area contributed by atoms with E-state index in [4.69, 9.17) is 4.74 Å². The van der Waals surface area contributed by atoms with E-state index in [0.717, 1.165) is 9.80 Å². The number of ether oxygens (including phenoxy) is 1.